The van der Waals surface area contributed by atoms with Crippen LogP contribution in [0.25, 0.3) is 5.65 Å². The smallest absolute Gasteiger partial charge is 0.358 e. The molecule has 0 saturated carbocycles. The van der Waals surface area contributed by atoms with Gasteiger partial charge in [0.1, 0.15) is 11.5 Å². The first kappa shape index (κ1) is 9.97. The summed E-state index contributed by atoms with van der Waals surface area (Å²) in [6.07, 6.45) is 1.69. The molecular weight excluding hydrogens is 262 g/mol. The van der Waals surface area contributed by atoms with Gasteiger partial charge in [-0.25, -0.2) is 9.78 Å². The summed E-state index contributed by atoms with van der Waals surface area (Å²) < 4.78 is 2.39. The first-order valence-corrected chi connectivity index (χ1v) is 4.97. The number of anilines is 1. The Morgan fingerprint density at radius 3 is 2.93 bits per heavy atom. The molecule has 0 aliphatic rings. The minimum Gasteiger partial charge on any atom is -0.476 e. The zero-order valence-electron chi connectivity index (χ0n) is 7.86. The highest BCUT2D eigenvalue weighted by Gasteiger charge is 2.16. The molecule has 5 nitrogen and oxygen atoms in total. The van der Waals surface area contributed by atoms with Crippen molar-refractivity contribution < 1.29 is 9.90 Å². The minimum atomic E-state index is -1.12. The highest BCUT2D eigenvalue weighted by molar-refractivity contribution is 9.10. The van der Waals surface area contributed by atoms with Crippen molar-refractivity contribution in [3.05, 3.63) is 28.0 Å². The monoisotopic (exact) mass is 269 g/mol. The number of halogens is 1. The number of hydrogen-bond acceptors (Lipinski definition) is 3. The third kappa shape index (κ3) is 1.46. The number of nitrogens with zero attached hydrogens (tertiary/aromatic N) is 2. The van der Waals surface area contributed by atoms with Gasteiger partial charge in [0.15, 0.2) is 5.69 Å². The first-order valence-electron chi connectivity index (χ1n) is 4.17. The molecule has 0 radical (unpaired) electrons. The van der Waals surface area contributed by atoms with Crippen LogP contribution < -0.4 is 5.73 Å². The van der Waals surface area contributed by atoms with E-state index >= 15 is 0 Å². The SMILES string of the molecule is Cc1cc(Br)cn2c(N)c(C(=O)O)nc12. The molecule has 3 N–H and O–H groups in total. The molecule has 78 valence electrons. The predicted octanol–water partition coefficient (Wildman–Crippen LogP) is 1.69. The Hall–Kier alpha value is -1.56. The van der Waals surface area contributed by atoms with Gasteiger partial charge < -0.3 is 10.8 Å². The van der Waals surface area contributed by atoms with Crippen LogP contribution >= 0.6 is 15.9 Å². The molecule has 0 saturated heterocycles. The Balaban J connectivity index is 2.88. The molecule has 0 amide bonds. The standard InChI is InChI=1S/C9H8BrN3O2/c1-4-2-5(10)3-13-7(11)6(9(14)15)12-8(4)13/h2-3H,11H2,1H3,(H,14,15). The van der Waals surface area contributed by atoms with Crippen LogP contribution in [0.5, 0.6) is 0 Å². The lowest BCUT2D eigenvalue weighted by atomic mass is 10.3. The van der Waals surface area contributed by atoms with Crippen LogP contribution in [0.1, 0.15) is 16.1 Å². The van der Waals surface area contributed by atoms with Gasteiger partial charge in [0.05, 0.1) is 0 Å². The van der Waals surface area contributed by atoms with E-state index in [0.717, 1.165) is 10.0 Å². The average Bonchev–Trinajstić information content (AvgIpc) is 2.44. The summed E-state index contributed by atoms with van der Waals surface area (Å²) in [5.74, 6) is -0.978. The zero-order valence-corrected chi connectivity index (χ0v) is 9.45. The lowest BCUT2D eigenvalue weighted by Gasteiger charge is -2.00. The van der Waals surface area contributed by atoms with Gasteiger partial charge in [0.25, 0.3) is 0 Å². The maximum Gasteiger partial charge on any atom is 0.358 e. The number of aryl methyl sites for hydroxylation is 1. The number of fused-ring (bicyclic) bond motifs is 1. The van der Waals surface area contributed by atoms with Crippen LogP contribution in [0, 0.1) is 6.92 Å². The third-order valence-corrected chi connectivity index (χ3v) is 2.54. The molecule has 0 aromatic carbocycles. The van der Waals surface area contributed by atoms with E-state index in [1.54, 1.807) is 10.6 Å². The van der Waals surface area contributed by atoms with Crippen molar-refractivity contribution in [1.82, 2.24) is 9.38 Å². The van der Waals surface area contributed by atoms with Crippen LogP contribution in [0.4, 0.5) is 5.82 Å². The van der Waals surface area contributed by atoms with Crippen molar-refractivity contribution >= 4 is 33.4 Å². The largest absolute Gasteiger partial charge is 0.476 e. The number of carbonyl (C=O) groups is 1. The second-order valence-electron chi connectivity index (χ2n) is 3.19. The Morgan fingerprint density at radius 2 is 2.33 bits per heavy atom. The highest BCUT2D eigenvalue weighted by Crippen LogP contribution is 2.21. The maximum absolute atomic E-state index is 10.8. The fraction of sp³-hybridized carbons (Fsp3) is 0.111. The molecule has 0 aliphatic heterocycles. The van der Waals surface area contributed by atoms with E-state index in [-0.39, 0.29) is 11.5 Å². The second kappa shape index (κ2) is 3.23. The molecule has 6 heteroatoms. The number of carboxylic acids is 1. The molecular formula is C9H8BrN3O2. The first-order chi connectivity index (χ1) is 7.00. The van der Waals surface area contributed by atoms with Crippen molar-refractivity contribution in [3.8, 4) is 0 Å². The molecule has 0 bridgehead atoms. The molecule has 0 atom stereocenters. The van der Waals surface area contributed by atoms with E-state index in [4.69, 9.17) is 10.8 Å². The van der Waals surface area contributed by atoms with Crippen LogP contribution in [0.3, 0.4) is 0 Å². The van der Waals surface area contributed by atoms with Gasteiger partial charge in [0.2, 0.25) is 0 Å². The van der Waals surface area contributed by atoms with Crippen LogP contribution in [0.2, 0.25) is 0 Å². The zero-order chi connectivity index (χ0) is 11.2. The molecule has 2 aromatic heterocycles. The van der Waals surface area contributed by atoms with Gasteiger partial charge in [0, 0.05) is 10.7 Å². The van der Waals surface area contributed by atoms with Gasteiger partial charge in [-0.1, -0.05) is 0 Å². The molecule has 2 heterocycles. The van der Waals surface area contributed by atoms with Crippen molar-refractivity contribution in [2.75, 3.05) is 5.73 Å². The van der Waals surface area contributed by atoms with Gasteiger partial charge in [-0.15, -0.1) is 0 Å². The number of aromatic carboxylic acids is 1. The summed E-state index contributed by atoms with van der Waals surface area (Å²) in [6.45, 7) is 1.85. The Kier molecular flexibility index (Phi) is 2.15. The third-order valence-electron chi connectivity index (χ3n) is 2.11. The van der Waals surface area contributed by atoms with E-state index in [0.29, 0.717) is 5.65 Å². The highest BCUT2D eigenvalue weighted by atomic mass is 79.9. The number of imidazole rings is 1. The van der Waals surface area contributed by atoms with Crippen LogP contribution in [-0.4, -0.2) is 20.5 Å². The second-order valence-corrected chi connectivity index (χ2v) is 4.10. The lowest BCUT2D eigenvalue weighted by molar-refractivity contribution is 0.0692. The molecule has 0 spiro atoms. The number of rotatable bonds is 1. The number of aromatic nitrogens is 2. The minimum absolute atomic E-state index is 0.115. The summed E-state index contributed by atoms with van der Waals surface area (Å²) in [7, 11) is 0. The van der Waals surface area contributed by atoms with Crippen LogP contribution in [0.15, 0.2) is 16.7 Å². The number of nitrogen functional groups attached to an aromatic ring is 1. The summed E-state index contributed by atoms with van der Waals surface area (Å²) in [5, 5.41) is 8.86. The fourth-order valence-electron chi connectivity index (χ4n) is 1.44. The van der Waals surface area contributed by atoms with Gasteiger partial charge >= 0.3 is 5.97 Å². The van der Waals surface area contributed by atoms with Gasteiger partial charge in [-0.2, -0.15) is 0 Å². The predicted molar refractivity (Wildman–Crippen MR) is 59.0 cm³/mol. The Labute approximate surface area is 93.7 Å². The molecule has 0 aliphatic carbocycles. The normalized spacial score (nSPS) is 10.8. The Bertz CT molecular complexity index is 562. The van der Waals surface area contributed by atoms with Crippen molar-refractivity contribution in [1.29, 1.82) is 0 Å². The lowest BCUT2D eigenvalue weighted by Crippen LogP contribution is -2.02. The number of carboxylic acid groups (broad SMARTS) is 1. The maximum atomic E-state index is 10.8. The summed E-state index contributed by atoms with van der Waals surface area (Å²) >= 11 is 3.31. The van der Waals surface area contributed by atoms with Crippen molar-refractivity contribution in [2.45, 2.75) is 6.92 Å². The van der Waals surface area contributed by atoms with Gasteiger partial charge in [-0.3, -0.25) is 4.40 Å². The molecule has 2 aromatic rings. The Morgan fingerprint density at radius 1 is 1.67 bits per heavy atom. The average molecular weight is 270 g/mol. The van der Waals surface area contributed by atoms with Crippen molar-refractivity contribution in [2.24, 2.45) is 0 Å². The summed E-state index contributed by atoms with van der Waals surface area (Å²) in [4.78, 5) is 14.8. The number of hydrogen-bond donors (Lipinski definition) is 2. The molecule has 2 rings (SSSR count). The summed E-state index contributed by atoms with van der Waals surface area (Å²) in [5.41, 5.74) is 6.99. The topological polar surface area (TPSA) is 80.6 Å². The van der Waals surface area contributed by atoms with E-state index in [1.165, 1.54) is 0 Å². The van der Waals surface area contributed by atoms with E-state index < -0.39 is 5.97 Å². The number of nitrogens with two attached hydrogens (primary N) is 1. The fourth-order valence-corrected chi connectivity index (χ4v) is 1.99. The summed E-state index contributed by atoms with van der Waals surface area (Å²) in [6, 6.07) is 1.85. The molecule has 0 fully saturated rings. The van der Waals surface area contributed by atoms with Crippen LogP contribution in [-0.2, 0) is 0 Å². The molecule has 0 unspecified atom stereocenters. The van der Waals surface area contributed by atoms with Crippen molar-refractivity contribution in [3.63, 3.8) is 0 Å². The van der Waals surface area contributed by atoms with E-state index in [1.807, 2.05) is 13.0 Å². The molecule has 15 heavy (non-hydrogen) atoms. The number of pyridine rings is 1. The van der Waals surface area contributed by atoms with Gasteiger partial charge in [-0.05, 0) is 34.5 Å². The van der Waals surface area contributed by atoms with E-state index in [9.17, 15) is 4.79 Å². The van der Waals surface area contributed by atoms with E-state index in [2.05, 4.69) is 20.9 Å². The quantitative estimate of drug-likeness (QED) is 0.826.